The van der Waals surface area contributed by atoms with E-state index in [1.807, 2.05) is 0 Å². The van der Waals surface area contributed by atoms with Gasteiger partial charge in [-0.3, -0.25) is 0 Å². The number of benzene rings is 1. The summed E-state index contributed by atoms with van der Waals surface area (Å²) in [5, 5.41) is 8.91. The van der Waals surface area contributed by atoms with Gasteiger partial charge in [0.05, 0.1) is 12.2 Å². The summed E-state index contributed by atoms with van der Waals surface area (Å²) in [7, 11) is 0. The van der Waals surface area contributed by atoms with Crippen LogP contribution in [0.1, 0.15) is 29.8 Å². The Morgan fingerprint density at radius 1 is 1.59 bits per heavy atom. The molecule has 1 aromatic rings. The van der Waals surface area contributed by atoms with Crippen molar-refractivity contribution in [2.24, 2.45) is 0 Å². The molecule has 0 fully saturated rings. The fourth-order valence-corrected chi connectivity index (χ4v) is 1.17. The molecule has 0 unspecified atom stereocenters. The van der Waals surface area contributed by atoms with E-state index in [2.05, 4.69) is 5.92 Å². The Kier molecular flexibility index (Phi) is 3.87. The van der Waals surface area contributed by atoms with Gasteiger partial charge >= 0.3 is 5.97 Å². The first kappa shape index (κ1) is 13.2. The lowest BCUT2D eigenvalue weighted by atomic mass is 10.1. The van der Waals surface area contributed by atoms with Gasteiger partial charge in [0, 0.05) is 0 Å². The van der Waals surface area contributed by atoms with Crippen LogP contribution < -0.4 is 0 Å². The molecule has 17 heavy (non-hydrogen) atoms. The molecule has 0 aliphatic rings. The van der Waals surface area contributed by atoms with E-state index in [4.69, 9.17) is 16.3 Å². The lowest BCUT2D eigenvalue weighted by Gasteiger charge is -2.19. The van der Waals surface area contributed by atoms with Gasteiger partial charge in [-0.2, -0.15) is 0 Å². The van der Waals surface area contributed by atoms with E-state index < -0.39 is 17.4 Å². The van der Waals surface area contributed by atoms with Crippen LogP contribution in [0.5, 0.6) is 0 Å². The summed E-state index contributed by atoms with van der Waals surface area (Å²) < 4.78 is 18.3. The number of rotatable bonds is 4. The van der Waals surface area contributed by atoms with Crippen molar-refractivity contribution >= 4 is 5.97 Å². The number of carbonyl (C=O) groups is 1. The molecule has 3 nitrogen and oxygen atoms in total. The Bertz CT molecular complexity index is 472. The summed E-state index contributed by atoms with van der Waals surface area (Å²) in [4.78, 5) is 10.9. The van der Waals surface area contributed by atoms with Gasteiger partial charge in [0.1, 0.15) is 11.4 Å². The molecule has 90 valence electrons. The second kappa shape index (κ2) is 4.98. The standard InChI is InChI=1S/C13H13FO3/c1-4-13(2,3)17-8-9-5-6-10(14)7-11(9)12(15)16/h1,5-7H,8H2,2-3H3,(H,15,16). The smallest absolute Gasteiger partial charge is 0.336 e. The van der Waals surface area contributed by atoms with Gasteiger partial charge in [0.25, 0.3) is 0 Å². The summed E-state index contributed by atoms with van der Waals surface area (Å²) in [5.74, 6) is 0.640. The first-order valence-corrected chi connectivity index (χ1v) is 4.99. The molecular weight excluding hydrogens is 223 g/mol. The van der Waals surface area contributed by atoms with E-state index in [1.165, 1.54) is 12.1 Å². The second-order valence-electron chi connectivity index (χ2n) is 4.05. The summed E-state index contributed by atoms with van der Waals surface area (Å²) in [5.41, 5.74) is -0.510. The van der Waals surface area contributed by atoms with Crippen molar-refractivity contribution in [3.63, 3.8) is 0 Å². The van der Waals surface area contributed by atoms with Gasteiger partial charge in [-0.15, -0.1) is 6.42 Å². The fourth-order valence-electron chi connectivity index (χ4n) is 1.17. The summed E-state index contributed by atoms with van der Waals surface area (Å²) >= 11 is 0. The number of halogens is 1. The first-order valence-electron chi connectivity index (χ1n) is 4.99. The van der Waals surface area contributed by atoms with Crippen LogP contribution in [0.15, 0.2) is 18.2 Å². The van der Waals surface area contributed by atoms with Gasteiger partial charge < -0.3 is 9.84 Å². The predicted molar refractivity (Wildman–Crippen MR) is 61.1 cm³/mol. The molecular formula is C13H13FO3. The van der Waals surface area contributed by atoms with Crippen LogP contribution in [-0.4, -0.2) is 16.7 Å². The maximum absolute atomic E-state index is 12.9. The maximum atomic E-state index is 12.9. The van der Waals surface area contributed by atoms with Crippen molar-refractivity contribution < 1.29 is 19.0 Å². The van der Waals surface area contributed by atoms with Crippen molar-refractivity contribution in [3.8, 4) is 12.3 Å². The lowest BCUT2D eigenvalue weighted by molar-refractivity contribution is 0.0137. The molecule has 0 aliphatic heterocycles. The zero-order chi connectivity index (χ0) is 13.1. The van der Waals surface area contributed by atoms with Crippen LogP contribution in [0.3, 0.4) is 0 Å². The monoisotopic (exact) mass is 236 g/mol. The summed E-state index contributed by atoms with van der Waals surface area (Å²) in [6.45, 7) is 3.41. The number of hydrogen-bond donors (Lipinski definition) is 1. The lowest BCUT2D eigenvalue weighted by Crippen LogP contribution is -2.22. The Balaban J connectivity index is 2.92. The first-order chi connectivity index (χ1) is 7.85. The quantitative estimate of drug-likeness (QED) is 0.817. The van der Waals surface area contributed by atoms with Crippen LogP contribution in [0, 0.1) is 18.2 Å². The van der Waals surface area contributed by atoms with Crippen molar-refractivity contribution in [2.45, 2.75) is 26.1 Å². The highest BCUT2D eigenvalue weighted by molar-refractivity contribution is 5.89. The van der Waals surface area contributed by atoms with Crippen LogP contribution in [0.4, 0.5) is 4.39 Å². The van der Waals surface area contributed by atoms with Crippen molar-refractivity contribution in [2.75, 3.05) is 0 Å². The SMILES string of the molecule is C#CC(C)(C)OCc1ccc(F)cc1C(=O)O. The minimum Gasteiger partial charge on any atom is -0.478 e. The molecule has 0 aliphatic carbocycles. The van der Waals surface area contributed by atoms with Gasteiger partial charge in [0.2, 0.25) is 0 Å². The molecule has 4 heteroatoms. The highest BCUT2D eigenvalue weighted by atomic mass is 19.1. The van der Waals surface area contributed by atoms with Crippen molar-refractivity contribution in [1.29, 1.82) is 0 Å². The number of carboxylic acids is 1. The van der Waals surface area contributed by atoms with Crippen molar-refractivity contribution in [1.82, 2.24) is 0 Å². The Morgan fingerprint density at radius 3 is 2.76 bits per heavy atom. The van der Waals surface area contributed by atoms with E-state index in [0.29, 0.717) is 5.56 Å². The third kappa shape index (κ3) is 3.58. The number of terminal acetylenes is 1. The van der Waals surface area contributed by atoms with E-state index >= 15 is 0 Å². The molecule has 0 saturated heterocycles. The highest BCUT2D eigenvalue weighted by Gasteiger charge is 2.17. The van der Waals surface area contributed by atoms with Crippen LogP contribution >= 0.6 is 0 Å². The Labute approximate surface area is 99.2 Å². The number of ether oxygens (including phenoxy) is 1. The van der Waals surface area contributed by atoms with E-state index in [-0.39, 0.29) is 12.2 Å². The molecule has 0 saturated carbocycles. The van der Waals surface area contributed by atoms with Crippen LogP contribution in [-0.2, 0) is 11.3 Å². The largest absolute Gasteiger partial charge is 0.478 e. The molecule has 0 amide bonds. The van der Waals surface area contributed by atoms with E-state index in [9.17, 15) is 9.18 Å². The minimum atomic E-state index is -1.19. The Morgan fingerprint density at radius 2 is 2.24 bits per heavy atom. The molecule has 0 bridgehead atoms. The number of aromatic carboxylic acids is 1. The highest BCUT2D eigenvalue weighted by Crippen LogP contribution is 2.16. The van der Waals surface area contributed by atoms with Gasteiger partial charge in [-0.1, -0.05) is 12.0 Å². The summed E-state index contributed by atoms with van der Waals surface area (Å²) in [6, 6.07) is 3.53. The van der Waals surface area contributed by atoms with Crippen LogP contribution in [0.25, 0.3) is 0 Å². The molecule has 1 N–H and O–H groups in total. The zero-order valence-corrected chi connectivity index (χ0v) is 9.66. The van der Waals surface area contributed by atoms with E-state index in [0.717, 1.165) is 6.07 Å². The predicted octanol–water partition coefficient (Wildman–Crippen LogP) is 2.45. The van der Waals surface area contributed by atoms with Crippen LogP contribution in [0.2, 0.25) is 0 Å². The molecule has 1 aromatic carbocycles. The number of hydrogen-bond acceptors (Lipinski definition) is 2. The third-order valence-electron chi connectivity index (χ3n) is 2.24. The summed E-state index contributed by atoms with van der Waals surface area (Å²) in [6.07, 6.45) is 5.24. The molecule has 0 spiro atoms. The zero-order valence-electron chi connectivity index (χ0n) is 9.66. The average Bonchev–Trinajstić information content (AvgIpc) is 2.27. The molecule has 1 rings (SSSR count). The molecule has 0 aromatic heterocycles. The second-order valence-corrected chi connectivity index (χ2v) is 4.05. The van der Waals surface area contributed by atoms with E-state index in [1.54, 1.807) is 13.8 Å². The van der Waals surface area contributed by atoms with Gasteiger partial charge in [-0.05, 0) is 31.5 Å². The number of carboxylic acid groups (broad SMARTS) is 1. The molecule has 0 radical (unpaired) electrons. The normalized spacial score (nSPS) is 10.9. The topological polar surface area (TPSA) is 46.5 Å². The van der Waals surface area contributed by atoms with Crippen molar-refractivity contribution in [3.05, 3.63) is 35.1 Å². The van der Waals surface area contributed by atoms with Gasteiger partial charge in [-0.25, -0.2) is 9.18 Å². The average molecular weight is 236 g/mol. The van der Waals surface area contributed by atoms with Gasteiger partial charge in [0.15, 0.2) is 0 Å². The maximum Gasteiger partial charge on any atom is 0.336 e. The molecule has 0 heterocycles. The third-order valence-corrected chi connectivity index (χ3v) is 2.24. The molecule has 0 atom stereocenters. The Hall–Kier alpha value is -1.86. The minimum absolute atomic E-state index is 0.0269. The fraction of sp³-hybridized carbons (Fsp3) is 0.308.